The molecule has 3 heteroatoms. The van der Waals surface area contributed by atoms with E-state index in [0.717, 1.165) is 37.2 Å². The number of benzene rings is 1. The Bertz CT molecular complexity index is 429. The first-order valence-corrected chi connectivity index (χ1v) is 7.00. The summed E-state index contributed by atoms with van der Waals surface area (Å²) < 4.78 is 5.22. The molecule has 0 saturated carbocycles. The number of piperidine rings is 1. The Morgan fingerprint density at radius 3 is 3.05 bits per heavy atom. The van der Waals surface area contributed by atoms with Gasteiger partial charge in [-0.15, -0.1) is 0 Å². The normalized spacial score (nSPS) is 20.4. The minimum Gasteiger partial charge on any atom is -0.384 e. The molecule has 1 saturated heterocycles. The van der Waals surface area contributed by atoms with Gasteiger partial charge >= 0.3 is 0 Å². The van der Waals surface area contributed by atoms with Crippen LogP contribution in [0.2, 0.25) is 0 Å². The fraction of sp³-hybridized carbons (Fsp3) is 0.562. The maximum Gasteiger partial charge on any atom is 0.176 e. The molecule has 1 unspecified atom stereocenters. The van der Waals surface area contributed by atoms with Crippen molar-refractivity contribution in [2.45, 2.75) is 19.8 Å². The molecule has 104 valence electrons. The summed E-state index contributed by atoms with van der Waals surface area (Å²) in [7, 11) is 1.75. The van der Waals surface area contributed by atoms with Crippen LogP contribution in [0.25, 0.3) is 0 Å². The Morgan fingerprint density at radius 2 is 2.32 bits per heavy atom. The Morgan fingerprint density at radius 1 is 1.47 bits per heavy atom. The molecule has 1 aromatic rings. The van der Waals surface area contributed by atoms with E-state index in [1.807, 2.05) is 31.2 Å². The van der Waals surface area contributed by atoms with E-state index in [9.17, 15) is 4.79 Å². The van der Waals surface area contributed by atoms with E-state index in [1.165, 1.54) is 6.42 Å². The summed E-state index contributed by atoms with van der Waals surface area (Å²) in [5, 5.41) is 0. The summed E-state index contributed by atoms with van der Waals surface area (Å²) in [5.74, 6) is 0.797. The lowest BCUT2D eigenvalue weighted by Gasteiger charge is -2.31. The number of carbonyl (C=O) groups excluding carboxylic acids is 1. The number of ketones is 1. The highest BCUT2D eigenvalue weighted by molar-refractivity contribution is 5.97. The van der Waals surface area contributed by atoms with Crippen LogP contribution in [0.5, 0.6) is 0 Å². The molecule has 0 spiro atoms. The number of Topliss-reactive ketones (excluding diaryl/α,β-unsaturated/α-hetero) is 1. The smallest absolute Gasteiger partial charge is 0.176 e. The van der Waals surface area contributed by atoms with E-state index in [-0.39, 0.29) is 5.78 Å². The zero-order chi connectivity index (χ0) is 13.7. The maximum atomic E-state index is 12.3. The van der Waals surface area contributed by atoms with Crippen LogP contribution in [0.15, 0.2) is 24.3 Å². The Kier molecular flexibility index (Phi) is 5.11. The summed E-state index contributed by atoms with van der Waals surface area (Å²) in [4.78, 5) is 14.5. The molecule has 0 aromatic heterocycles. The van der Waals surface area contributed by atoms with E-state index in [1.54, 1.807) is 7.11 Å². The number of methoxy groups -OCH3 is 1. The second-order valence-electron chi connectivity index (χ2n) is 5.49. The van der Waals surface area contributed by atoms with Gasteiger partial charge < -0.3 is 4.74 Å². The van der Waals surface area contributed by atoms with Gasteiger partial charge in [-0.25, -0.2) is 0 Å². The molecule has 0 aliphatic carbocycles. The van der Waals surface area contributed by atoms with Crippen LogP contribution in [0, 0.1) is 12.8 Å². The molecule has 1 aliphatic rings. The average Bonchev–Trinajstić information content (AvgIpc) is 2.39. The minimum absolute atomic E-state index is 0.224. The molecule has 0 amide bonds. The van der Waals surface area contributed by atoms with Gasteiger partial charge in [0.05, 0.1) is 13.2 Å². The van der Waals surface area contributed by atoms with Gasteiger partial charge in [-0.05, 0) is 38.3 Å². The first-order valence-electron chi connectivity index (χ1n) is 7.00. The highest BCUT2D eigenvalue weighted by atomic mass is 16.5. The number of hydrogen-bond donors (Lipinski definition) is 0. The zero-order valence-corrected chi connectivity index (χ0v) is 11.9. The van der Waals surface area contributed by atoms with Crippen LogP contribution in [0.3, 0.4) is 0 Å². The first kappa shape index (κ1) is 14.2. The van der Waals surface area contributed by atoms with E-state index >= 15 is 0 Å². The molecule has 1 aromatic carbocycles. The van der Waals surface area contributed by atoms with Crippen LogP contribution in [0.1, 0.15) is 28.8 Å². The molecule has 0 radical (unpaired) electrons. The van der Waals surface area contributed by atoms with Crippen LogP contribution >= 0.6 is 0 Å². The summed E-state index contributed by atoms with van der Waals surface area (Å²) in [6.07, 6.45) is 2.37. The summed E-state index contributed by atoms with van der Waals surface area (Å²) in [6, 6.07) is 7.85. The van der Waals surface area contributed by atoms with Gasteiger partial charge in [0, 0.05) is 19.2 Å². The number of nitrogens with zero attached hydrogens (tertiary/aromatic N) is 1. The van der Waals surface area contributed by atoms with E-state index in [4.69, 9.17) is 4.74 Å². The van der Waals surface area contributed by atoms with Gasteiger partial charge in [-0.3, -0.25) is 9.69 Å². The fourth-order valence-corrected chi connectivity index (χ4v) is 2.78. The number of rotatable bonds is 5. The van der Waals surface area contributed by atoms with Gasteiger partial charge in [0.15, 0.2) is 5.78 Å². The monoisotopic (exact) mass is 261 g/mol. The quantitative estimate of drug-likeness (QED) is 0.763. The topological polar surface area (TPSA) is 29.5 Å². The summed E-state index contributed by atoms with van der Waals surface area (Å²) in [6.45, 7) is 5.36. The molecule has 3 nitrogen and oxygen atoms in total. The third-order valence-corrected chi connectivity index (χ3v) is 3.71. The van der Waals surface area contributed by atoms with Gasteiger partial charge in [0.25, 0.3) is 0 Å². The highest BCUT2D eigenvalue weighted by Gasteiger charge is 2.21. The standard InChI is InChI=1S/C16H23NO2/c1-13-5-3-7-15(9-13)16(18)11-17-8-4-6-14(10-17)12-19-2/h3,5,7,9,14H,4,6,8,10-12H2,1-2H3. The SMILES string of the molecule is COCC1CCCN(CC(=O)c2cccc(C)c2)C1. The maximum absolute atomic E-state index is 12.3. The lowest BCUT2D eigenvalue weighted by molar-refractivity contribution is 0.0758. The van der Waals surface area contributed by atoms with Crippen molar-refractivity contribution in [3.05, 3.63) is 35.4 Å². The zero-order valence-electron chi connectivity index (χ0n) is 11.9. The van der Waals surface area contributed by atoms with Gasteiger partial charge in [-0.2, -0.15) is 0 Å². The molecule has 0 bridgehead atoms. The van der Waals surface area contributed by atoms with Gasteiger partial charge in [0.2, 0.25) is 0 Å². The van der Waals surface area contributed by atoms with Crippen LogP contribution in [0.4, 0.5) is 0 Å². The van der Waals surface area contributed by atoms with Crippen molar-refractivity contribution in [2.75, 3.05) is 33.4 Å². The molecular weight excluding hydrogens is 238 g/mol. The van der Waals surface area contributed by atoms with E-state index in [0.29, 0.717) is 12.5 Å². The second kappa shape index (κ2) is 6.83. The third kappa shape index (κ3) is 4.15. The van der Waals surface area contributed by atoms with Crippen molar-refractivity contribution in [3.8, 4) is 0 Å². The summed E-state index contributed by atoms with van der Waals surface area (Å²) in [5.41, 5.74) is 1.97. The lowest BCUT2D eigenvalue weighted by Crippen LogP contribution is -2.40. The van der Waals surface area contributed by atoms with Crippen molar-refractivity contribution >= 4 is 5.78 Å². The predicted octanol–water partition coefficient (Wildman–Crippen LogP) is 2.54. The second-order valence-corrected chi connectivity index (χ2v) is 5.49. The lowest BCUT2D eigenvalue weighted by atomic mass is 9.98. The molecule has 0 N–H and O–H groups in total. The minimum atomic E-state index is 0.224. The third-order valence-electron chi connectivity index (χ3n) is 3.71. The highest BCUT2D eigenvalue weighted by Crippen LogP contribution is 2.17. The van der Waals surface area contributed by atoms with Crippen molar-refractivity contribution in [1.82, 2.24) is 4.90 Å². The number of aryl methyl sites for hydroxylation is 1. The molecule has 1 heterocycles. The largest absolute Gasteiger partial charge is 0.384 e. The number of carbonyl (C=O) groups is 1. The van der Waals surface area contributed by atoms with Crippen LogP contribution in [-0.2, 0) is 4.74 Å². The molecule has 19 heavy (non-hydrogen) atoms. The Balaban J connectivity index is 1.91. The molecule has 1 atom stereocenters. The predicted molar refractivity (Wildman–Crippen MR) is 76.5 cm³/mol. The van der Waals surface area contributed by atoms with Gasteiger partial charge in [-0.1, -0.05) is 23.8 Å². The van der Waals surface area contributed by atoms with Crippen LogP contribution < -0.4 is 0 Å². The van der Waals surface area contributed by atoms with Crippen molar-refractivity contribution < 1.29 is 9.53 Å². The summed E-state index contributed by atoms with van der Waals surface area (Å²) >= 11 is 0. The van der Waals surface area contributed by atoms with Crippen LogP contribution in [-0.4, -0.2) is 44.0 Å². The Labute approximate surface area is 115 Å². The first-order chi connectivity index (χ1) is 9.19. The average molecular weight is 261 g/mol. The number of likely N-dealkylation sites (tertiary alicyclic amines) is 1. The van der Waals surface area contributed by atoms with Crippen molar-refractivity contribution in [3.63, 3.8) is 0 Å². The van der Waals surface area contributed by atoms with Crippen molar-refractivity contribution in [1.29, 1.82) is 0 Å². The number of ether oxygens (including phenoxy) is 1. The van der Waals surface area contributed by atoms with E-state index < -0.39 is 0 Å². The molecular formula is C16H23NO2. The molecule has 1 aliphatic heterocycles. The molecule has 1 fully saturated rings. The van der Waals surface area contributed by atoms with E-state index in [2.05, 4.69) is 4.90 Å². The van der Waals surface area contributed by atoms with Gasteiger partial charge in [0.1, 0.15) is 0 Å². The Hall–Kier alpha value is -1.19. The number of hydrogen-bond acceptors (Lipinski definition) is 3. The molecule has 2 rings (SSSR count). The van der Waals surface area contributed by atoms with Crippen molar-refractivity contribution in [2.24, 2.45) is 5.92 Å². The fourth-order valence-electron chi connectivity index (χ4n) is 2.78.